The van der Waals surface area contributed by atoms with Crippen LogP contribution in [0.25, 0.3) is 0 Å². The number of hydrogen-bond acceptors (Lipinski definition) is 1. The molecule has 84 valence electrons. The summed E-state index contributed by atoms with van der Waals surface area (Å²) in [6.45, 7) is -1.24. The molecule has 5 heteroatoms. The van der Waals surface area contributed by atoms with Crippen LogP contribution in [0.5, 0.6) is 0 Å². The third-order valence-electron chi connectivity index (χ3n) is 2.87. The molecule has 1 nitrogen and oxygen atoms in total. The third-order valence-corrected chi connectivity index (χ3v) is 2.87. The lowest BCUT2D eigenvalue weighted by Gasteiger charge is -2.34. The Morgan fingerprint density at radius 3 is 2.21 bits per heavy atom. The summed E-state index contributed by atoms with van der Waals surface area (Å²) in [5.74, 6) is 0.664. The molecule has 0 bridgehead atoms. The first-order chi connectivity index (χ1) is 6.51. The minimum Gasteiger partial charge on any atom is -0.448 e. The van der Waals surface area contributed by atoms with Gasteiger partial charge >= 0.3 is 6.98 Å². The van der Waals surface area contributed by atoms with Crippen LogP contribution in [0.1, 0.15) is 32.6 Å². The number of nitrogens with zero attached hydrogens (tertiary/aromatic N) is 1. The van der Waals surface area contributed by atoms with Crippen molar-refractivity contribution in [3.05, 3.63) is 0 Å². The van der Waals surface area contributed by atoms with Gasteiger partial charge in [-0.2, -0.15) is 0 Å². The molecule has 0 amide bonds. The highest BCUT2D eigenvalue weighted by atomic mass is 19.4. The number of hydrogen-bond donors (Lipinski definition) is 0. The van der Waals surface area contributed by atoms with Gasteiger partial charge in [0.05, 0.1) is 0 Å². The average molecular weight is 208 g/mol. The van der Waals surface area contributed by atoms with Crippen molar-refractivity contribution in [2.75, 3.05) is 19.5 Å². The van der Waals surface area contributed by atoms with Gasteiger partial charge in [0.1, 0.15) is 0 Å². The van der Waals surface area contributed by atoms with Gasteiger partial charge in [0.15, 0.2) is 0 Å². The molecule has 1 rings (SSSR count). The Morgan fingerprint density at radius 1 is 1.21 bits per heavy atom. The number of rotatable bonds is 4. The summed E-state index contributed by atoms with van der Waals surface area (Å²) in [6.07, 6.45) is 3.54. The molecule has 0 N–H and O–H groups in total. The van der Waals surface area contributed by atoms with Gasteiger partial charge in [-0.3, -0.25) is 0 Å². The van der Waals surface area contributed by atoms with E-state index in [1.54, 1.807) is 4.90 Å². The lowest BCUT2D eigenvalue weighted by molar-refractivity contribution is 0.186. The maximum atomic E-state index is 12.1. The molecular formula is C9H18BF3N-. The van der Waals surface area contributed by atoms with E-state index in [4.69, 9.17) is 0 Å². The van der Waals surface area contributed by atoms with Crippen LogP contribution in [-0.4, -0.2) is 31.4 Å². The molecule has 1 fully saturated rings. The van der Waals surface area contributed by atoms with Crippen molar-refractivity contribution in [3.63, 3.8) is 0 Å². The van der Waals surface area contributed by atoms with Crippen molar-refractivity contribution >= 4 is 6.98 Å². The SMILES string of the molecule is CCCC1CCN(C[B-](F)(F)F)CC1. The largest absolute Gasteiger partial charge is 0.492 e. The molecule has 0 aromatic heterocycles. The van der Waals surface area contributed by atoms with Crippen LogP contribution in [0, 0.1) is 5.92 Å². The van der Waals surface area contributed by atoms with Crippen LogP contribution < -0.4 is 0 Å². The molecule has 0 saturated carbocycles. The second-order valence-corrected chi connectivity index (χ2v) is 4.24. The topological polar surface area (TPSA) is 3.24 Å². The molecular weight excluding hydrogens is 190 g/mol. The minimum atomic E-state index is -4.63. The molecule has 1 aliphatic heterocycles. The van der Waals surface area contributed by atoms with Crippen LogP contribution in [0.4, 0.5) is 12.9 Å². The van der Waals surface area contributed by atoms with Crippen molar-refractivity contribution in [1.82, 2.24) is 4.90 Å². The van der Waals surface area contributed by atoms with E-state index in [2.05, 4.69) is 6.92 Å². The smallest absolute Gasteiger partial charge is 0.448 e. The highest BCUT2D eigenvalue weighted by Crippen LogP contribution is 2.23. The van der Waals surface area contributed by atoms with Gasteiger partial charge in [0, 0.05) is 0 Å². The van der Waals surface area contributed by atoms with E-state index in [0.717, 1.165) is 19.3 Å². The van der Waals surface area contributed by atoms with Gasteiger partial charge in [0.25, 0.3) is 0 Å². The maximum absolute atomic E-state index is 12.1. The van der Waals surface area contributed by atoms with Gasteiger partial charge in [0.2, 0.25) is 0 Å². The summed E-state index contributed by atoms with van der Waals surface area (Å²) in [6, 6.07) is 0. The fraction of sp³-hybridized carbons (Fsp3) is 1.00. The zero-order valence-electron chi connectivity index (χ0n) is 8.69. The summed E-state index contributed by atoms with van der Waals surface area (Å²) in [5, 5.41) is 0. The second kappa shape index (κ2) is 5.05. The average Bonchev–Trinajstić information content (AvgIpc) is 2.06. The fourth-order valence-electron chi connectivity index (χ4n) is 2.16. The molecule has 0 unspecified atom stereocenters. The van der Waals surface area contributed by atoms with Crippen LogP contribution in [0.2, 0.25) is 0 Å². The second-order valence-electron chi connectivity index (χ2n) is 4.24. The van der Waals surface area contributed by atoms with Crippen molar-refractivity contribution in [2.24, 2.45) is 5.92 Å². The van der Waals surface area contributed by atoms with E-state index in [1.165, 1.54) is 6.42 Å². The van der Waals surface area contributed by atoms with E-state index in [-0.39, 0.29) is 0 Å². The molecule has 0 radical (unpaired) electrons. The number of halogens is 3. The first-order valence-electron chi connectivity index (χ1n) is 5.44. The first-order valence-corrected chi connectivity index (χ1v) is 5.44. The standard InChI is InChI=1S/C9H18BF3N/c1-2-3-9-4-6-14(7-5-9)8-10(11,12)13/h9H,2-8H2,1H3/q-1. The molecule has 14 heavy (non-hydrogen) atoms. The zero-order valence-corrected chi connectivity index (χ0v) is 8.69. The molecule has 1 aliphatic rings. The molecule has 0 aromatic rings. The Labute approximate surface area is 83.7 Å². The van der Waals surface area contributed by atoms with E-state index in [9.17, 15) is 12.9 Å². The van der Waals surface area contributed by atoms with Crippen LogP contribution >= 0.6 is 0 Å². The Morgan fingerprint density at radius 2 is 1.79 bits per heavy atom. The van der Waals surface area contributed by atoms with Gasteiger partial charge in [-0.15, -0.1) is 0 Å². The Hall–Kier alpha value is -0.185. The number of piperidine rings is 1. The lowest BCUT2D eigenvalue weighted by Crippen LogP contribution is -2.42. The summed E-state index contributed by atoms with van der Waals surface area (Å²) >= 11 is 0. The summed E-state index contributed by atoms with van der Waals surface area (Å²) in [4.78, 5) is 1.55. The fourth-order valence-corrected chi connectivity index (χ4v) is 2.16. The third kappa shape index (κ3) is 4.35. The van der Waals surface area contributed by atoms with Gasteiger partial charge in [-0.25, -0.2) is 0 Å². The van der Waals surface area contributed by atoms with E-state index < -0.39 is 13.4 Å². The molecule has 0 aliphatic carbocycles. The van der Waals surface area contributed by atoms with Gasteiger partial charge in [-0.1, -0.05) is 19.8 Å². The van der Waals surface area contributed by atoms with Crippen molar-refractivity contribution < 1.29 is 12.9 Å². The van der Waals surface area contributed by atoms with Crippen molar-refractivity contribution in [2.45, 2.75) is 32.6 Å². The summed E-state index contributed by atoms with van der Waals surface area (Å²) in [5.41, 5.74) is 0. The predicted molar refractivity (Wildman–Crippen MR) is 53.2 cm³/mol. The Balaban J connectivity index is 2.22. The Kier molecular flexibility index (Phi) is 4.29. The molecule has 0 spiro atoms. The van der Waals surface area contributed by atoms with Crippen LogP contribution in [-0.2, 0) is 0 Å². The predicted octanol–water partition coefficient (Wildman–Crippen LogP) is 2.89. The van der Waals surface area contributed by atoms with Crippen molar-refractivity contribution in [1.29, 1.82) is 0 Å². The van der Waals surface area contributed by atoms with Gasteiger partial charge < -0.3 is 17.8 Å². The highest BCUT2D eigenvalue weighted by molar-refractivity contribution is 6.58. The quantitative estimate of drug-likeness (QED) is 0.642. The maximum Gasteiger partial charge on any atom is 0.492 e. The monoisotopic (exact) mass is 208 g/mol. The normalized spacial score (nSPS) is 21.4. The number of likely N-dealkylation sites (tertiary alicyclic amines) is 1. The molecule has 0 atom stereocenters. The molecule has 1 heterocycles. The lowest BCUT2D eigenvalue weighted by atomic mass is 9.87. The van der Waals surface area contributed by atoms with Gasteiger partial charge in [-0.05, 0) is 38.3 Å². The van der Waals surface area contributed by atoms with E-state index in [1.807, 2.05) is 0 Å². The van der Waals surface area contributed by atoms with E-state index >= 15 is 0 Å². The van der Waals surface area contributed by atoms with E-state index in [0.29, 0.717) is 19.0 Å². The van der Waals surface area contributed by atoms with Crippen LogP contribution in [0.3, 0.4) is 0 Å². The highest BCUT2D eigenvalue weighted by Gasteiger charge is 2.28. The molecule has 0 aromatic carbocycles. The van der Waals surface area contributed by atoms with Crippen molar-refractivity contribution in [3.8, 4) is 0 Å². The molecule has 1 saturated heterocycles. The minimum absolute atomic E-state index is 0.631. The Bertz CT molecular complexity index is 164. The summed E-state index contributed by atoms with van der Waals surface area (Å²) in [7, 11) is 0. The summed E-state index contributed by atoms with van der Waals surface area (Å²) < 4.78 is 36.3. The zero-order chi connectivity index (χ0) is 10.6. The first kappa shape index (κ1) is 11.9. The van der Waals surface area contributed by atoms with Crippen LogP contribution in [0.15, 0.2) is 0 Å².